The Hall–Kier alpha value is -2.96. The lowest BCUT2D eigenvalue weighted by atomic mass is 10.1. The highest BCUT2D eigenvalue weighted by atomic mass is 16.1. The normalized spacial score (nSPS) is 14.3. The summed E-state index contributed by atoms with van der Waals surface area (Å²) in [5.41, 5.74) is 0.952. The number of hydrogen-bond acceptors (Lipinski definition) is 5. The van der Waals surface area contributed by atoms with Gasteiger partial charge >= 0.3 is 0 Å². The Kier molecular flexibility index (Phi) is 5.00. The van der Waals surface area contributed by atoms with Gasteiger partial charge in [0.25, 0.3) is 0 Å². The van der Waals surface area contributed by atoms with Crippen LogP contribution in [-0.4, -0.2) is 53.6 Å². The van der Waals surface area contributed by atoms with E-state index in [0.29, 0.717) is 25.3 Å². The van der Waals surface area contributed by atoms with Crippen molar-refractivity contribution in [1.29, 1.82) is 0 Å². The van der Waals surface area contributed by atoms with Crippen molar-refractivity contribution in [3.63, 3.8) is 0 Å². The van der Waals surface area contributed by atoms with Gasteiger partial charge in [-0.15, -0.1) is 10.2 Å². The number of nitrogens with one attached hydrogen (secondary N) is 1. The standard InChI is InChI=1S/C17H19N5O2/c23-13-21-8-10-22(11-9-21)16-7-6-15(19-20-16)18-17(24)12-14-4-2-1-3-5-14/h1-7,13H,8-12H2,(H,18,19,24). The van der Waals surface area contributed by atoms with Crippen molar-refractivity contribution >= 4 is 24.0 Å². The zero-order valence-electron chi connectivity index (χ0n) is 13.3. The van der Waals surface area contributed by atoms with Crippen molar-refractivity contribution in [2.45, 2.75) is 6.42 Å². The Morgan fingerprint density at radius 2 is 1.79 bits per heavy atom. The van der Waals surface area contributed by atoms with E-state index in [-0.39, 0.29) is 5.91 Å². The zero-order chi connectivity index (χ0) is 16.8. The van der Waals surface area contributed by atoms with E-state index in [2.05, 4.69) is 20.4 Å². The van der Waals surface area contributed by atoms with Crippen molar-refractivity contribution in [2.24, 2.45) is 0 Å². The van der Waals surface area contributed by atoms with Gasteiger partial charge in [-0.1, -0.05) is 30.3 Å². The molecule has 1 aromatic heterocycles. The van der Waals surface area contributed by atoms with Gasteiger partial charge in [0.05, 0.1) is 6.42 Å². The van der Waals surface area contributed by atoms with Gasteiger partial charge in [0.2, 0.25) is 12.3 Å². The van der Waals surface area contributed by atoms with Gasteiger partial charge in [0.1, 0.15) is 0 Å². The summed E-state index contributed by atoms with van der Waals surface area (Å²) < 4.78 is 0. The molecule has 2 aromatic rings. The number of aromatic nitrogens is 2. The predicted molar refractivity (Wildman–Crippen MR) is 90.7 cm³/mol. The highest BCUT2D eigenvalue weighted by Gasteiger charge is 2.17. The van der Waals surface area contributed by atoms with Gasteiger partial charge in [-0.2, -0.15) is 0 Å². The smallest absolute Gasteiger partial charge is 0.229 e. The molecule has 124 valence electrons. The Labute approximate surface area is 140 Å². The molecule has 1 saturated heterocycles. The number of rotatable bonds is 5. The van der Waals surface area contributed by atoms with E-state index in [4.69, 9.17) is 0 Å². The highest BCUT2D eigenvalue weighted by Crippen LogP contribution is 2.14. The van der Waals surface area contributed by atoms with Crippen LogP contribution < -0.4 is 10.2 Å². The molecule has 7 nitrogen and oxygen atoms in total. The zero-order valence-corrected chi connectivity index (χ0v) is 13.3. The number of nitrogens with zero attached hydrogens (tertiary/aromatic N) is 4. The van der Waals surface area contributed by atoms with Gasteiger partial charge in [0, 0.05) is 26.2 Å². The number of benzene rings is 1. The summed E-state index contributed by atoms with van der Waals surface area (Å²) >= 11 is 0. The maximum absolute atomic E-state index is 12.0. The number of amides is 2. The summed E-state index contributed by atoms with van der Waals surface area (Å²) in [7, 11) is 0. The third-order valence-electron chi connectivity index (χ3n) is 3.91. The summed E-state index contributed by atoms with van der Waals surface area (Å²) in [6.45, 7) is 2.82. The molecule has 0 radical (unpaired) electrons. The first-order chi connectivity index (χ1) is 11.7. The van der Waals surface area contributed by atoms with E-state index in [1.54, 1.807) is 11.0 Å². The molecule has 1 N–H and O–H groups in total. The first-order valence-corrected chi connectivity index (χ1v) is 7.86. The van der Waals surface area contributed by atoms with Gasteiger partial charge in [-0.3, -0.25) is 9.59 Å². The Morgan fingerprint density at radius 1 is 1.04 bits per heavy atom. The number of carbonyl (C=O) groups is 2. The fourth-order valence-electron chi connectivity index (χ4n) is 2.59. The molecule has 1 aliphatic heterocycles. The molecule has 1 aliphatic rings. The summed E-state index contributed by atoms with van der Waals surface area (Å²) in [6, 6.07) is 13.1. The Morgan fingerprint density at radius 3 is 2.42 bits per heavy atom. The molecule has 1 fully saturated rings. The van der Waals surface area contributed by atoms with Crippen LogP contribution >= 0.6 is 0 Å². The molecule has 2 heterocycles. The Balaban J connectivity index is 1.55. The third-order valence-corrected chi connectivity index (χ3v) is 3.91. The van der Waals surface area contributed by atoms with Gasteiger partial charge in [-0.25, -0.2) is 0 Å². The Bertz CT molecular complexity index is 682. The van der Waals surface area contributed by atoms with Crippen molar-refractivity contribution in [3.05, 3.63) is 48.0 Å². The van der Waals surface area contributed by atoms with Crippen LogP contribution in [0.25, 0.3) is 0 Å². The monoisotopic (exact) mass is 325 g/mol. The second kappa shape index (κ2) is 7.54. The maximum atomic E-state index is 12.0. The molecule has 3 rings (SSSR count). The molecule has 0 bridgehead atoms. The first kappa shape index (κ1) is 15.9. The lowest BCUT2D eigenvalue weighted by Crippen LogP contribution is -2.46. The van der Waals surface area contributed by atoms with E-state index in [1.165, 1.54) is 0 Å². The molecule has 0 spiro atoms. The van der Waals surface area contributed by atoms with E-state index in [1.807, 2.05) is 36.4 Å². The van der Waals surface area contributed by atoms with Crippen molar-refractivity contribution in [1.82, 2.24) is 15.1 Å². The minimum Gasteiger partial charge on any atom is -0.352 e. The second-order valence-electron chi connectivity index (χ2n) is 5.62. The van der Waals surface area contributed by atoms with Crippen molar-refractivity contribution < 1.29 is 9.59 Å². The highest BCUT2D eigenvalue weighted by molar-refractivity contribution is 5.91. The molecule has 1 aromatic carbocycles. The third kappa shape index (κ3) is 4.07. The summed E-state index contributed by atoms with van der Waals surface area (Å²) in [6.07, 6.45) is 1.17. The minimum absolute atomic E-state index is 0.122. The lowest BCUT2D eigenvalue weighted by molar-refractivity contribution is -0.118. The van der Waals surface area contributed by atoms with Crippen LogP contribution in [0, 0.1) is 0 Å². The second-order valence-corrected chi connectivity index (χ2v) is 5.62. The van der Waals surface area contributed by atoms with Crippen LogP contribution in [0.2, 0.25) is 0 Å². The number of anilines is 2. The van der Waals surface area contributed by atoms with Crippen LogP contribution in [0.4, 0.5) is 11.6 Å². The number of hydrogen-bond donors (Lipinski definition) is 1. The molecule has 0 saturated carbocycles. The molecule has 2 amide bonds. The average molecular weight is 325 g/mol. The van der Waals surface area contributed by atoms with Gasteiger partial charge < -0.3 is 15.1 Å². The molecule has 0 unspecified atom stereocenters. The average Bonchev–Trinajstić information content (AvgIpc) is 2.63. The fourth-order valence-corrected chi connectivity index (χ4v) is 2.59. The largest absolute Gasteiger partial charge is 0.352 e. The molecule has 24 heavy (non-hydrogen) atoms. The fraction of sp³-hybridized carbons (Fsp3) is 0.294. The molecule has 0 aliphatic carbocycles. The van der Waals surface area contributed by atoms with Crippen LogP contribution in [-0.2, 0) is 16.0 Å². The number of piperazine rings is 1. The maximum Gasteiger partial charge on any atom is 0.229 e. The lowest BCUT2D eigenvalue weighted by Gasteiger charge is -2.32. The topological polar surface area (TPSA) is 78.4 Å². The number of carbonyl (C=O) groups excluding carboxylic acids is 2. The first-order valence-electron chi connectivity index (χ1n) is 7.86. The van der Waals surface area contributed by atoms with Crippen molar-refractivity contribution in [2.75, 3.05) is 36.4 Å². The van der Waals surface area contributed by atoms with Crippen molar-refractivity contribution in [3.8, 4) is 0 Å². The quantitative estimate of drug-likeness (QED) is 0.828. The van der Waals surface area contributed by atoms with Crippen LogP contribution in [0.5, 0.6) is 0 Å². The molecule has 7 heteroatoms. The molecular formula is C17H19N5O2. The summed E-state index contributed by atoms with van der Waals surface area (Å²) in [4.78, 5) is 26.5. The molecular weight excluding hydrogens is 306 g/mol. The van der Waals surface area contributed by atoms with Crippen LogP contribution in [0.3, 0.4) is 0 Å². The molecule has 0 atom stereocenters. The minimum atomic E-state index is -0.122. The van der Waals surface area contributed by atoms with Gasteiger partial charge in [0.15, 0.2) is 11.6 Å². The van der Waals surface area contributed by atoms with E-state index < -0.39 is 0 Å². The SMILES string of the molecule is O=CN1CCN(c2ccc(NC(=O)Cc3ccccc3)nn2)CC1. The summed E-state index contributed by atoms with van der Waals surface area (Å²) in [5, 5.41) is 11.0. The van der Waals surface area contributed by atoms with E-state index in [9.17, 15) is 9.59 Å². The van der Waals surface area contributed by atoms with Crippen LogP contribution in [0.1, 0.15) is 5.56 Å². The van der Waals surface area contributed by atoms with Gasteiger partial charge in [-0.05, 0) is 17.7 Å². The van der Waals surface area contributed by atoms with E-state index in [0.717, 1.165) is 30.9 Å². The van der Waals surface area contributed by atoms with Crippen LogP contribution in [0.15, 0.2) is 42.5 Å². The predicted octanol–water partition coefficient (Wildman–Crippen LogP) is 0.936. The summed E-state index contributed by atoms with van der Waals surface area (Å²) in [5.74, 6) is 1.07. The van der Waals surface area contributed by atoms with E-state index >= 15 is 0 Å².